The number of amidine groups is 2. The van der Waals surface area contributed by atoms with Gasteiger partial charge in [-0.2, -0.15) is 0 Å². The second kappa shape index (κ2) is 13.2. The highest BCUT2D eigenvalue weighted by atomic mass is 32.1. The highest BCUT2D eigenvalue weighted by Gasteiger charge is 2.26. The minimum absolute atomic E-state index is 0.391. The molecule has 3 aromatic heterocycles. The molecule has 63 heavy (non-hydrogen) atoms. The number of para-hydroxylation sites is 1. The zero-order valence-corrected chi connectivity index (χ0v) is 34.5. The molecule has 10 aromatic carbocycles. The summed E-state index contributed by atoms with van der Waals surface area (Å²) in [7, 11) is 0. The summed E-state index contributed by atoms with van der Waals surface area (Å²) in [5, 5.41) is 17.9. The largest absolute Gasteiger partial charge is 0.454 e. The van der Waals surface area contributed by atoms with E-state index in [0.717, 1.165) is 66.6 Å². The molecule has 1 unspecified atom stereocenters. The topological polar surface area (TPSA) is 54.8 Å². The van der Waals surface area contributed by atoms with E-state index in [1.165, 1.54) is 57.9 Å². The van der Waals surface area contributed by atoms with Gasteiger partial charge < -0.3 is 14.3 Å². The van der Waals surface area contributed by atoms with Gasteiger partial charge in [-0.05, 0) is 81.0 Å². The predicted octanol–water partition coefficient (Wildman–Crippen LogP) is 15.0. The van der Waals surface area contributed by atoms with Crippen LogP contribution in [-0.2, 0) is 0 Å². The van der Waals surface area contributed by atoms with Crippen molar-refractivity contribution in [1.82, 2.24) is 9.88 Å². The van der Waals surface area contributed by atoms with Gasteiger partial charge >= 0.3 is 0 Å². The van der Waals surface area contributed by atoms with Crippen LogP contribution >= 0.6 is 11.3 Å². The van der Waals surface area contributed by atoms with Crippen molar-refractivity contribution in [2.24, 2.45) is 9.98 Å². The van der Waals surface area contributed by atoms with Gasteiger partial charge in [0.1, 0.15) is 17.6 Å². The summed E-state index contributed by atoms with van der Waals surface area (Å²) in [6, 6.07) is 69.8. The van der Waals surface area contributed by atoms with Crippen LogP contribution in [0.3, 0.4) is 0 Å². The Bertz CT molecular complexity index is 4150. The van der Waals surface area contributed by atoms with E-state index in [2.05, 4.69) is 198 Å². The molecule has 1 N–H and O–H groups in total. The quantitative estimate of drug-likeness (QED) is 0.192. The van der Waals surface area contributed by atoms with Crippen LogP contribution < -0.4 is 5.32 Å². The summed E-state index contributed by atoms with van der Waals surface area (Å²) in [5.74, 6) is 1.43. The smallest absolute Gasteiger partial charge is 0.159 e. The van der Waals surface area contributed by atoms with Crippen molar-refractivity contribution in [3.63, 3.8) is 0 Å². The van der Waals surface area contributed by atoms with Crippen molar-refractivity contribution in [2.45, 2.75) is 6.17 Å². The first-order valence-corrected chi connectivity index (χ1v) is 22.1. The Morgan fingerprint density at radius 3 is 2.03 bits per heavy atom. The normalized spacial score (nSPS) is 14.5. The lowest BCUT2D eigenvalue weighted by atomic mass is 10.0. The van der Waals surface area contributed by atoms with Crippen LogP contribution in [0.4, 0.5) is 0 Å². The van der Waals surface area contributed by atoms with Crippen LogP contribution in [-0.4, -0.2) is 16.2 Å². The number of thiophene rings is 1. The van der Waals surface area contributed by atoms with E-state index in [-0.39, 0.29) is 0 Å². The first-order valence-electron chi connectivity index (χ1n) is 21.3. The molecule has 0 saturated carbocycles. The SMILES string of the molecule is c1ccc2cc(C3=NC(c4cc(-n5c6cc7ccccc7cc6c6ccc7ccccc7c65)c5oc6ccccc6c5c4)=NC(c4ccc5c(c4)sc4ccccc45)N3)ccc2c1. The monoisotopic (exact) mass is 822 g/mol. The van der Waals surface area contributed by atoms with E-state index < -0.39 is 6.17 Å². The van der Waals surface area contributed by atoms with E-state index >= 15 is 0 Å². The Balaban J connectivity index is 1.06. The van der Waals surface area contributed by atoms with Gasteiger partial charge in [0.2, 0.25) is 0 Å². The molecule has 0 aliphatic carbocycles. The van der Waals surface area contributed by atoms with Crippen LogP contribution in [0.1, 0.15) is 22.9 Å². The summed E-state index contributed by atoms with van der Waals surface area (Å²) in [4.78, 5) is 10.9. The number of fused-ring (bicyclic) bond motifs is 13. The van der Waals surface area contributed by atoms with Crippen LogP contribution in [0, 0.1) is 0 Å². The summed E-state index contributed by atoms with van der Waals surface area (Å²) in [6.07, 6.45) is -0.391. The van der Waals surface area contributed by atoms with Gasteiger partial charge in [0.05, 0.1) is 16.7 Å². The molecule has 0 amide bonds. The molecule has 4 heterocycles. The van der Waals surface area contributed by atoms with E-state index in [0.29, 0.717) is 5.84 Å². The Kier molecular flexibility index (Phi) is 7.27. The second-order valence-corrected chi connectivity index (χ2v) is 17.7. The maximum atomic E-state index is 6.93. The minimum Gasteiger partial charge on any atom is -0.454 e. The molecule has 1 atom stereocenters. The number of rotatable bonds is 4. The van der Waals surface area contributed by atoms with Gasteiger partial charge in [0, 0.05) is 58.2 Å². The molecule has 1 aliphatic rings. The van der Waals surface area contributed by atoms with Crippen molar-refractivity contribution in [2.75, 3.05) is 0 Å². The summed E-state index contributed by atoms with van der Waals surface area (Å²) >= 11 is 1.82. The molecule has 0 saturated heterocycles. The molecule has 5 nitrogen and oxygen atoms in total. The average Bonchev–Trinajstić information content (AvgIpc) is 4.02. The summed E-state index contributed by atoms with van der Waals surface area (Å²) in [6.45, 7) is 0. The molecule has 13 aromatic rings. The molecule has 6 heteroatoms. The van der Waals surface area contributed by atoms with E-state index in [1.807, 2.05) is 17.4 Å². The van der Waals surface area contributed by atoms with Gasteiger partial charge in [-0.1, -0.05) is 146 Å². The molecule has 0 fully saturated rings. The fourth-order valence-corrected chi connectivity index (χ4v) is 11.1. The van der Waals surface area contributed by atoms with Gasteiger partial charge in [-0.3, -0.25) is 0 Å². The fourth-order valence-electron chi connectivity index (χ4n) is 9.96. The van der Waals surface area contributed by atoms with Crippen LogP contribution in [0.15, 0.2) is 209 Å². The lowest BCUT2D eigenvalue weighted by Crippen LogP contribution is -2.33. The number of furan rings is 1. The molecule has 14 rings (SSSR count). The molecule has 0 spiro atoms. The van der Waals surface area contributed by atoms with Crippen LogP contribution in [0.25, 0.3) is 102 Å². The van der Waals surface area contributed by atoms with Crippen molar-refractivity contribution in [3.05, 3.63) is 211 Å². The number of aliphatic imine (C=N–C) groups is 2. The average molecular weight is 823 g/mol. The first-order chi connectivity index (χ1) is 31.2. The molecule has 0 radical (unpaired) electrons. The maximum absolute atomic E-state index is 6.93. The van der Waals surface area contributed by atoms with Crippen molar-refractivity contribution < 1.29 is 4.42 Å². The standard InChI is InChI=1S/C57H34N4OS/c1-2-13-35-27-38(22-21-33(35)11-1)55-58-56(39-24-25-44-43-18-8-10-20-51(43)63-52(44)32-39)60-57(59-55)40-29-47-42-17-7-9-19-50(42)62-54(47)49(31-40)61-48-30-37-15-4-3-14-36(37)28-46(48)45-26-23-34-12-5-6-16-41(34)53(45)61/h1-32,56H,(H,58,59,60). The third kappa shape index (κ3) is 5.28. The molecular formula is C57H34N4OS. The maximum Gasteiger partial charge on any atom is 0.159 e. The van der Waals surface area contributed by atoms with E-state index in [9.17, 15) is 0 Å². The molecular weight excluding hydrogens is 789 g/mol. The van der Waals surface area contributed by atoms with E-state index in [1.54, 1.807) is 0 Å². The summed E-state index contributed by atoms with van der Waals surface area (Å²) < 4.78 is 11.9. The van der Waals surface area contributed by atoms with Crippen molar-refractivity contribution in [3.8, 4) is 5.69 Å². The molecule has 1 aliphatic heterocycles. The summed E-state index contributed by atoms with van der Waals surface area (Å²) in [5.41, 5.74) is 7.84. The highest BCUT2D eigenvalue weighted by Crippen LogP contribution is 2.43. The minimum atomic E-state index is -0.391. The van der Waals surface area contributed by atoms with Crippen LogP contribution in [0.2, 0.25) is 0 Å². The van der Waals surface area contributed by atoms with E-state index in [4.69, 9.17) is 14.4 Å². The van der Waals surface area contributed by atoms with Crippen molar-refractivity contribution >= 4 is 119 Å². The number of hydrogen-bond acceptors (Lipinski definition) is 5. The fraction of sp³-hybridized carbons (Fsp3) is 0.0175. The van der Waals surface area contributed by atoms with Gasteiger partial charge in [0.15, 0.2) is 11.4 Å². The zero-order valence-electron chi connectivity index (χ0n) is 33.7. The zero-order chi connectivity index (χ0) is 41.2. The number of nitrogens with one attached hydrogen (secondary N) is 1. The second-order valence-electron chi connectivity index (χ2n) is 16.6. The Labute approximate surface area is 364 Å². The third-order valence-electron chi connectivity index (χ3n) is 13.0. The van der Waals surface area contributed by atoms with Crippen LogP contribution in [0.5, 0.6) is 0 Å². The molecule has 0 bridgehead atoms. The van der Waals surface area contributed by atoms with Gasteiger partial charge in [0.25, 0.3) is 0 Å². The number of nitrogens with zero attached hydrogens (tertiary/aromatic N) is 3. The number of aromatic nitrogens is 1. The number of benzene rings is 10. The Morgan fingerprint density at radius 2 is 1.16 bits per heavy atom. The highest BCUT2D eigenvalue weighted by molar-refractivity contribution is 7.25. The lowest BCUT2D eigenvalue weighted by molar-refractivity contribution is 0.666. The van der Waals surface area contributed by atoms with Crippen molar-refractivity contribution in [1.29, 1.82) is 0 Å². The first kappa shape index (κ1) is 34.6. The number of hydrogen-bond donors (Lipinski definition) is 1. The third-order valence-corrected chi connectivity index (χ3v) is 14.1. The van der Waals surface area contributed by atoms with Gasteiger partial charge in [-0.25, -0.2) is 9.98 Å². The predicted molar refractivity (Wildman–Crippen MR) is 265 cm³/mol. The Hall–Kier alpha value is -8.06. The van der Waals surface area contributed by atoms with Gasteiger partial charge in [-0.15, -0.1) is 11.3 Å². The Morgan fingerprint density at radius 1 is 0.476 bits per heavy atom. The lowest BCUT2D eigenvalue weighted by Gasteiger charge is -2.24. The molecule has 294 valence electrons.